The summed E-state index contributed by atoms with van der Waals surface area (Å²) in [4.78, 5) is 38.0. The number of amides is 2. The van der Waals surface area contributed by atoms with Gasteiger partial charge in [0, 0.05) is 6.54 Å². The molecular weight excluding hydrogens is 432 g/mol. The normalized spacial score (nSPS) is 20.3. The lowest BCUT2D eigenvalue weighted by Gasteiger charge is -2.28. The van der Waals surface area contributed by atoms with Crippen LogP contribution >= 0.6 is 0 Å². The van der Waals surface area contributed by atoms with Gasteiger partial charge in [-0.2, -0.15) is 0 Å². The molecule has 0 bridgehead atoms. The van der Waals surface area contributed by atoms with Crippen LogP contribution in [0.15, 0.2) is 0 Å². The van der Waals surface area contributed by atoms with Crippen LogP contribution in [0.1, 0.15) is 109 Å². The first-order valence-corrected chi connectivity index (χ1v) is 13.3. The number of nitrogens with zero attached hydrogens (tertiary/aromatic N) is 1. The summed E-state index contributed by atoms with van der Waals surface area (Å²) in [7, 11) is 1.35. The number of methoxy groups -OCH3 is 1. The van der Waals surface area contributed by atoms with Crippen molar-refractivity contribution < 1.29 is 23.9 Å². The van der Waals surface area contributed by atoms with Crippen LogP contribution in [0.2, 0.25) is 0 Å². The summed E-state index contributed by atoms with van der Waals surface area (Å²) < 4.78 is 10.0. The molecule has 2 rings (SSSR count). The fourth-order valence-electron chi connectivity index (χ4n) is 3.72. The molecule has 0 spiro atoms. The van der Waals surface area contributed by atoms with Crippen LogP contribution in [0.4, 0.5) is 4.79 Å². The Hall–Kier alpha value is -1.79. The Labute approximate surface area is 210 Å². The van der Waals surface area contributed by atoms with Gasteiger partial charge in [0.15, 0.2) is 0 Å². The summed E-state index contributed by atoms with van der Waals surface area (Å²) in [6, 6.07) is -0.534. The monoisotopic (exact) mass is 488 g/mol. The summed E-state index contributed by atoms with van der Waals surface area (Å²) in [6.07, 6.45) is 3.54. The third-order valence-electron chi connectivity index (χ3n) is 4.69. The van der Waals surface area contributed by atoms with Gasteiger partial charge < -0.3 is 19.7 Å². The fourth-order valence-corrected chi connectivity index (χ4v) is 3.72. The van der Waals surface area contributed by atoms with E-state index in [4.69, 9.17) is 9.47 Å². The number of ether oxygens (including phenoxy) is 2. The minimum absolute atomic E-state index is 0.164. The lowest BCUT2D eigenvalue weighted by Crippen LogP contribution is -2.48. The molecule has 0 radical (unpaired) electrons. The number of fused-ring (bicyclic) bond motifs is 1. The Morgan fingerprint density at radius 2 is 1.41 bits per heavy atom. The highest BCUT2D eigenvalue weighted by molar-refractivity contribution is 5.88. The molecule has 2 amide bonds. The highest BCUT2D eigenvalue weighted by Crippen LogP contribution is 2.40. The van der Waals surface area contributed by atoms with E-state index in [1.54, 1.807) is 25.7 Å². The van der Waals surface area contributed by atoms with Gasteiger partial charge in [0.25, 0.3) is 0 Å². The van der Waals surface area contributed by atoms with Gasteiger partial charge in [-0.05, 0) is 51.4 Å². The van der Waals surface area contributed by atoms with E-state index in [0.29, 0.717) is 12.5 Å². The summed E-state index contributed by atoms with van der Waals surface area (Å²) in [5.41, 5.74) is -0.621. The van der Waals surface area contributed by atoms with Crippen molar-refractivity contribution >= 4 is 18.0 Å². The highest BCUT2D eigenvalue weighted by Gasteiger charge is 2.48. The first-order chi connectivity index (χ1) is 16.0. The zero-order valence-corrected chi connectivity index (χ0v) is 24.5. The predicted molar refractivity (Wildman–Crippen MR) is 142 cm³/mol. The van der Waals surface area contributed by atoms with Crippen molar-refractivity contribution in [2.24, 2.45) is 17.8 Å². The van der Waals surface area contributed by atoms with Gasteiger partial charge in [-0.3, -0.25) is 4.79 Å². The number of likely N-dealkylation sites (tertiary alicyclic amines) is 1. The van der Waals surface area contributed by atoms with Gasteiger partial charge in [-0.15, -0.1) is 0 Å². The molecule has 2 fully saturated rings. The maximum Gasteiger partial charge on any atom is 0.408 e. The molecule has 0 aromatic heterocycles. The topological polar surface area (TPSA) is 84.9 Å². The van der Waals surface area contributed by atoms with Crippen molar-refractivity contribution in [2.45, 2.75) is 120 Å². The van der Waals surface area contributed by atoms with Crippen molar-refractivity contribution in [3.63, 3.8) is 0 Å². The van der Waals surface area contributed by atoms with Gasteiger partial charge in [-0.1, -0.05) is 75.2 Å². The molecule has 34 heavy (non-hydrogen) atoms. The molecule has 1 aliphatic carbocycles. The molecule has 7 heteroatoms. The Bertz CT molecular complexity index is 541. The first kappa shape index (κ1) is 36.8. The molecule has 0 aromatic rings. The van der Waals surface area contributed by atoms with Crippen molar-refractivity contribution in [1.29, 1.82) is 0 Å². The molecule has 3 atom stereocenters. The van der Waals surface area contributed by atoms with Crippen LogP contribution in [-0.2, 0) is 19.1 Å². The SMILES string of the molecule is CC.CC.CC.CC(C)C.COC(=O)[C@@H]1C2CCCCC2CN1C(=O)CNC(=O)OC(C)(C)C. The molecule has 1 saturated carbocycles. The Morgan fingerprint density at radius 1 is 0.941 bits per heavy atom. The van der Waals surface area contributed by atoms with Gasteiger partial charge in [0.2, 0.25) is 5.91 Å². The predicted octanol–water partition coefficient (Wildman–Crippen LogP) is 6.44. The molecule has 1 aliphatic heterocycles. The average molecular weight is 489 g/mol. The van der Waals surface area contributed by atoms with Gasteiger partial charge >= 0.3 is 12.1 Å². The number of rotatable bonds is 3. The largest absolute Gasteiger partial charge is 0.467 e. The van der Waals surface area contributed by atoms with Crippen molar-refractivity contribution in [1.82, 2.24) is 10.2 Å². The van der Waals surface area contributed by atoms with Crippen LogP contribution in [0.25, 0.3) is 0 Å². The fraction of sp³-hybridized carbons (Fsp3) is 0.889. The van der Waals surface area contributed by atoms with E-state index in [1.165, 1.54) is 7.11 Å². The number of hydrogen-bond donors (Lipinski definition) is 1. The second-order valence-corrected chi connectivity index (χ2v) is 9.31. The average Bonchev–Trinajstić information content (AvgIpc) is 3.19. The van der Waals surface area contributed by atoms with E-state index in [0.717, 1.165) is 31.6 Å². The Kier molecular flexibility index (Phi) is 22.2. The number of carbonyl (C=O) groups is 3. The molecule has 2 unspecified atom stereocenters. The maximum atomic E-state index is 12.5. The maximum absolute atomic E-state index is 12.5. The van der Waals surface area contributed by atoms with Crippen LogP contribution in [0.5, 0.6) is 0 Å². The van der Waals surface area contributed by atoms with E-state index >= 15 is 0 Å². The zero-order chi connectivity index (χ0) is 27.5. The van der Waals surface area contributed by atoms with Crippen molar-refractivity contribution in [3.05, 3.63) is 0 Å². The van der Waals surface area contributed by atoms with Gasteiger partial charge in [-0.25, -0.2) is 9.59 Å². The van der Waals surface area contributed by atoms with Crippen LogP contribution in [-0.4, -0.2) is 54.7 Å². The summed E-state index contributed by atoms with van der Waals surface area (Å²) in [5.74, 6) is 0.700. The standard InChI is InChI=1S/C17H28N2O5.C4H10.3C2H6/c1-17(2,3)24-16(22)18-9-13(20)19-10-11-7-5-6-8-12(11)14(19)15(21)23-4;1-4(2)3;3*1-2/h11-12,14H,5-10H2,1-4H3,(H,18,22);4H,1-3H3;3*1-2H3/t11?,12?,14-;;;;/m0..../s1. The van der Waals surface area contributed by atoms with E-state index in [1.807, 2.05) is 41.5 Å². The highest BCUT2D eigenvalue weighted by atomic mass is 16.6. The molecule has 1 heterocycles. The summed E-state index contributed by atoms with van der Waals surface area (Å²) >= 11 is 0. The quantitative estimate of drug-likeness (QED) is 0.462. The van der Waals surface area contributed by atoms with E-state index in [9.17, 15) is 14.4 Å². The molecule has 0 aromatic carbocycles. The summed E-state index contributed by atoms with van der Waals surface area (Å²) in [6.45, 7) is 24.1. The number of nitrogens with one attached hydrogen (secondary N) is 1. The molecule has 2 aliphatic rings. The third-order valence-corrected chi connectivity index (χ3v) is 4.69. The van der Waals surface area contributed by atoms with E-state index < -0.39 is 17.7 Å². The van der Waals surface area contributed by atoms with Crippen LogP contribution in [0, 0.1) is 17.8 Å². The smallest absolute Gasteiger partial charge is 0.408 e. The van der Waals surface area contributed by atoms with Crippen LogP contribution in [0.3, 0.4) is 0 Å². The second kappa shape index (κ2) is 20.6. The molecule has 7 nitrogen and oxygen atoms in total. The molecule has 1 N–H and O–H groups in total. The van der Waals surface area contributed by atoms with Gasteiger partial charge in [0.1, 0.15) is 18.2 Å². The molecule has 1 saturated heterocycles. The third kappa shape index (κ3) is 15.2. The van der Waals surface area contributed by atoms with E-state index in [2.05, 4.69) is 26.1 Å². The van der Waals surface area contributed by atoms with Crippen LogP contribution < -0.4 is 5.32 Å². The van der Waals surface area contributed by atoms with Gasteiger partial charge in [0.05, 0.1) is 7.11 Å². The molecular formula is C27H56N2O5. The first-order valence-electron chi connectivity index (χ1n) is 13.3. The zero-order valence-electron chi connectivity index (χ0n) is 24.5. The minimum atomic E-state index is -0.637. The minimum Gasteiger partial charge on any atom is -0.467 e. The number of esters is 1. The van der Waals surface area contributed by atoms with Crippen molar-refractivity contribution in [3.8, 4) is 0 Å². The van der Waals surface area contributed by atoms with E-state index in [-0.39, 0.29) is 24.3 Å². The summed E-state index contributed by atoms with van der Waals surface area (Å²) in [5, 5.41) is 2.47. The lowest BCUT2D eigenvalue weighted by molar-refractivity contribution is -0.152. The Morgan fingerprint density at radius 3 is 1.85 bits per heavy atom. The molecule has 204 valence electrons. The second-order valence-electron chi connectivity index (χ2n) is 9.31. The number of alkyl carbamates (subject to hydrolysis) is 1. The number of carbonyl (C=O) groups excluding carboxylic acids is 3. The number of hydrogen-bond acceptors (Lipinski definition) is 5. The lowest BCUT2D eigenvalue weighted by atomic mass is 9.78. The van der Waals surface area contributed by atoms with Crippen molar-refractivity contribution in [2.75, 3.05) is 20.2 Å². The Balaban J connectivity index is -0.000000835.